The first-order valence-electron chi connectivity index (χ1n) is 7.20. The standard InChI is InChI=1S/C16H16INO4S/c1-8(2)22-12-7-18-15(23-12)10-6-11(17)13(16(19)20-3)9-4-5-21-14(9)10/h6-8H,4-5H2,1-3H3. The number of aromatic nitrogens is 1. The van der Waals surface area contributed by atoms with Gasteiger partial charge in [0.05, 0.1) is 37.1 Å². The largest absolute Gasteiger partial charge is 0.492 e. The fourth-order valence-electron chi connectivity index (χ4n) is 2.50. The Hall–Kier alpha value is -1.35. The molecule has 0 saturated heterocycles. The molecule has 1 aromatic carbocycles. The van der Waals surface area contributed by atoms with Crippen molar-refractivity contribution in [3.05, 3.63) is 27.0 Å². The van der Waals surface area contributed by atoms with Crippen LogP contribution in [0.5, 0.6) is 10.8 Å². The highest BCUT2D eigenvalue weighted by atomic mass is 127. The van der Waals surface area contributed by atoms with Crippen LogP contribution in [0.3, 0.4) is 0 Å². The van der Waals surface area contributed by atoms with Crippen LogP contribution in [0.25, 0.3) is 10.6 Å². The van der Waals surface area contributed by atoms with Gasteiger partial charge in [-0.05, 0) is 42.5 Å². The molecule has 0 atom stereocenters. The van der Waals surface area contributed by atoms with Crippen molar-refractivity contribution >= 4 is 39.9 Å². The number of nitrogens with zero attached hydrogens (tertiary/aromatic N) is 1. The van der Waals surface area contributed by atoms with Gasteiger partial charge in [-0.15, -0.1) is 0 Å². The third-order valence-electron chi connectivity index (χ3n) is 3.39. The summed E-state index contributed by atoms with van der Waals surface area (Å²) in [6.07, 6.45) is 2.53. The molecule has 122 valence electrons. The zero-order valence-corrected chi connectivity index (χ0v) is 16.0. The number of carbonyl (C=O) groups is 1. The summed E-state index contributed by atoms with van der Waals surface area (Å²) in [4.78, 5) is 16.5. The Balaban J connectivity index is 2.08. The van der Waals surface area contributed by atoms with E-state index in [4.69, 9.17) is 14.2 Å². The lowest BCUT2D eigenvalue weighted by Crippen LogP contribution is -2.08. The summed E-state index contributed by atoms with van der Waals surface area (Å²) in [6, 6.07) is 1.93. The molecule has 0 radical (unpaired) electrons. The fraction of sp³-hybridized carbons (Fsp3) is 0.375. The maximum absolute atomic E-state index is 12.1. The van der Waals surface area contributed by atoms with Gasteiger partial charge in [0.1, 0.15) is 10.8 Å². The minimum absolute atomic E-state index is 0.104. The van der Waals surface area contributed by atoms with Crippen molar-refractivity contribution in [2.24, 2.45) is 0 Å². The van der Waals surface area contributed by atoms with E-state index in [1.807, 2.05) is 19.9 Å². The number of methoxy groups -OCH3 is 1. The van der Waals surface area contributed by atoms with Crippen LogP contribution in [0.4, 0.5) is 0 Å². The van der Waals surface area contributed by atoms with Crippen molar-refractivity contribution in [2.75, 3.05) is 13.7 Å². The predicted molar refractivity (Wildman–Crippen MR) is 96.6 cm³/mol. The van der Waals surface area contributed by atoms with Crippen molar-refractivity contribution in [2.45, 2.75) is 26.4 Å². The molecule has 0 N–H and O–H groups in total. The monoisotopic (exact) mass is 445 g/mol. The van der Waals surface area contributed by atoms with Crippen LogP contribution in [-0.4, -0.2) is 30.8 Å². The van der Waals surface area contributed by atoms with Crippen molar-refractivity contribution in [3.8, 4) is 21.4 Å². The molecule has 0 amide bonds. The average Bonchev–Trinajstić information content (AvgIpc) is 3.14. The second kappa shape index (κ2) is 6.64. The molecule has 0 saturated carbocycles. The lowest BCUT2D eigenvalue weighted by atomic mass is 10.0. The summed E-state index contributed by atoms with van der Waals surface area (Å²) < 4.78 is 17.2. The maximum atomic E-state index is 12.1. The van der Waals surface area contributed by atoms with E-state index in [0.717, 1.165) is 30.5 Å². The normalized spacial score (nSPS) is 12.9. The van der Waals surface area contributed by atoms with Gasteiger partial charge in [-0.25, -0.2) is 9.78 Å². The summed E-state index contributed by atoms with van der Waals surface area (Å²) in [7, 11) is 1.39. The fourth-order valence-corrected chi connectivity index (χ4v) is 4.26. The highest BCUT2D eigenvalue weighted by molar-refractivity contribution is 14.1. The van der Waals surface area contributed by atoms with Crippen molar-refractivity contribution in [1.29, 1.82) is 0 Å². The Bertz CT molecular complexity index is 757. The predicted octanol–water partition coefficient (Wildman–Crippen LogP) is 3.92. The number of thiazole rings is 1. The number of benzene rings is 1. The van der Waals surface area contributed by atoms with Crippen LogP contribution in [0, 0.1) is 3.57 Å². The minimum Gasteiger partial charge on any atom is -0.492 e. The summed E-state index contributed by atoms with van der Waals surface area (Å²) in [5.74, 6) is 0.405. The van der Waals surface area contributed by atoms with Crippen molar-refractivity contribution in [1.82, 2.24) is 4.98 Å². The molecule has 7 heteroatoms. The third-order valence-corrected chi connectivity index (χ3v) is 5.16. The van der Waals surface area contributed by atoms with E-state index in [1.165, 1.54) is 18.4 Å². The molecular weight excluding hydrogens is 429 g/mol. The summed E-state index contributed by atoms with van der Waals surface area (Å²) in [5, 5.41) is 1.60. The van der Waals surface area contributed by atoms with Gasteiger partial charge in [-0.3, -0.25) is 0 Å². The molecule has 0 bridgehead atoms. The highest BCUT2D eigenvalue weighted by Crippen LogP contribution is 2.43. The first kappa shape index (κ1) is 16.5. The molecule has 0 spiro atoms. The maximum Gasteiger partial charge on any atom is 0.339 e. The van der Waals surface area contributed by atoms with E-state index in [9.17, 15) is 4.79 Å². The smallest absolute Gasteiger partial charge is 0.339 e. The van der Waals surface area contributed by atoms with Gasteiger partial charge >= 0.3 is 5.97 Å². The molecule has 5 nitrogen and oxygen atoms in total. The Labute approximate surface area is 152 Å². The first-order chi connectivity index (χ1) is 11.0. The Morgan fingerprint density at radius 1 is 1.48 bits per heavy atom. The van der Waals surface area contributed by atoms with E-state index in [-0.39, 0.29) is 12.1 Å². The molecule has 1 aromatic heterocycles. The summed E-state index contributed by atoms with van der Waals surface area (Å²) >= 11 is 3.64. The summed E-state index contributed by atoms with van der Waals surface area (Å²) in [6.45, 7) is 4.52. The Morgan fingerprint density at radius 2 is 2.26 bits per heavy atom. The number of ether oxygens (including phenoxy) is 3. The zero-order valence-electron chi connectivity index (χ0n) is 13.0. The van der Waals surface area contributed by atoms with Gasteiger partial charge in [0, 0.05) is 15.6 Å². The summed E-state index contributed by atoms with van der Waals surface area (Å²) in [5.41, 5.74) is 2.40. The number of carbonyl (C=O) groups excluding carboxylic acids is 1. The Morgan fingerprint density at radius 3 is 2.96 bits per heavy atom. The van der Waals surface area contributed by atoms with Crippen LogP contribution in [0.1, 0.15) is 29.8 Å². The lowest BCUT2D eigenvalue weighted by molar-refractivity contribution is 0.0598. The van der Waals surface area contributed by atoms with Crippen molar-refractivity contribution in [3.63, 3.8) is 0 Å². The van der Waals surface area contributed by atoms with Gasteiger partial charge < -0.3 is 14.2 Å². The molecule has 23 heavy (non-hydrogen) atoms. The quantitative estimate of drug-likeness (QED) is 0.528. The van der Waals surface area contributed by atoms with Gasteiger partial charge in [-0.2, -0.15) is 0 Å². The van der Waals surface area contributed by atoms with Crippen LogP contribution in [0.2, 0.25) is 0 Å². The number of rotatable bonds is 4. The molecule has 3 rings (SSSR count). The zero-order chi connectivity index (χ0) is 16.6. The molecule has 1 aliphatic heterocycles. The van der Waals surface area contributed by atoms with E-state index >= 15 is 0 Å². The number of hydrogen-bond acceptors (Lipinski definition) is 6. The first-order valence-corrected chi connectivity index (χ1v) is 9.10. The Kier molecular flexibility index (Phi) is 4.77. The van der Waals surface area contributed by atoms with Crippen LogP contribution in [0.15, 0.2) is 12.3 Å². The SMILES string of the molecule is COC(=O)c1c(I)cc(-c2ncc(OC(C)C)s2)c2c1CCO2. The minimum atomic E-state index is -0.328. The topological polar surface area (TPSA) is 57.7 Å². The van der Waals surface area contributed by atoms with Crippen molar-refractivity contribution < 1.29 is 19.0 Å². The van der Waals surface area contributed by atoms with E-state index in [0.29, 0.717) is 18.6 Å². The molecule has 2 heterocycles. The van der Waals surface area contributed by atoms with Gasteiger partial charge in [0.15, 0.2) is 5.06 Å². The third kappa shape index (κ3) is 3.16. The van der Waals surface area contributed by atoms with E-state index in [2.05, 4.69) is 27.6 Å². The van der Waals surface area contributed by atoms with E-state index < -0.39 is 0 Å². The van der Waals surface area contributed by atoms with E-state index in [1.54, 1.807) is 6.20 Å². The molecule has 0 fully saturated rings. The van der Waals surface area contributed by atoms with Gasteiger partial charge in [0.2, 0.25) is 0 Å². The number of halogens is 1. The lowest BCUT2D eigenvalue weighted by Gasteiger charge is -2.11. The highest BCUT2D eigenvalue weighted by Gasteiger charge is 2.28. The van der Waals surface area contributed by atoms with Crippen LogP contribution < -0.4 is 9.47 Å². The number of hydrogen-bond donors (Lipinski definition) is 0. The molecular formula is C16H16INO4S. The average molecular weight is 445 g/mol. The van der Waals surface area contributed by atoms with Crippen LogP contribution in [-0.2, 0) is 11.2 Å². The molecule has 1 aliphatic rings. The molecule has 2 aromatic rings. The van der Waals surface area contributed by atoms with Gasteiger partial charge in [-0.1, -0.05) is 11.3 Å². The molecule has 0 unspecified atom stereocenters. The molecule has 0 aliphatic carbocycles. The second-order valence-electron chi connectivity index (χ2n) is 5.33. The number of esters is 1. The van der Waals surface area contributed by atoms with Gasteiger partial charge in [0.25, 0.3) is 0 Å². The number of fused-ring (bicyclic) bond motifs is 1. The second-order valence-corrected chi connectivity index (χ2v) is 7.49. The van der Waals surface area contributed by atoms with Crippen LogP contribution >= 0.6 is 33.9 Å².